The Morgan fingerprint density at radius 3 is 2.80 bits per heavy atom. The van der Waals surface area contributed by atoms with E-state index in [2.05, 4.69) is 31.7 Å². The average Bonchev–Trinajstić information content (AvgIpc) is 2.42. The van der Waals surface area contributed by atoms with Gasteiger partial charge in [-0.2, -0.15) is 0 Å². The zero-order valence-electron chi connectivity index (χ0n) is 12.9. The van der Waals surface area contributed by atoms with Gasteiger partial charge in [0, 0.05) is 18.6 Å². The lowest BCUT2D eigenvalue weighted by Gasteiger charge is -2.40. The zero-order valence-corrected chi connectivity index (χ0v) is 13.7. The molecule has 1 fully saturated rings. The van der Waals surface area contributed by atoms with Gasteiger partial charge < -0.3 is 10.6 Å². The van der Waals surface area contributed by atoms with Crippen LogP contribution in [0.15, 0.2) is 18.2 Å². The van der Waals surface area contributed by atoms with Crippen LogP contribution in [0.25, 0.3) is 0 Å². The Bertz CT molecular complexity index is 447. The van der Waals surface area contributed by atoms with E-state index in [4.69, 9.17) is 17.3 Å². The molecule has 0 aliphatic carbocycles. The first-order chi connectivity index (χ1) is 9.52. The van der Waals surface area contributed by atoms with E-state index in [9.17, 15) is 0 Å². The summed E-state index contributed by atoms with van der Waals surface area (Å²) >= 11 is 6.52. The van der Waals surface area contributed by atoms with Crippen LogP contribution in [0.1, 0.15) is 45.6 Å². The van der Waals surface area contributed by atoms with Crippen molar-refractivity contribution in [2.24, 2.45) is 11.7 Å². The Morgan fingerprint density at radius 2 is 2.10 bits per heavy atom. The molecule has 2 rings (SSSR count). The highest BCUT2D eigenvalue weighted by molar-refractivity contribution is 6.33. The van der Waals surface area contributed by atoms with Crippen molar-refractivity contribution in [3.63, 3.8) is 0 Å². The predicted octanol–water partition coefficient (Wildman–Crippen LogP) is 4.24. The summed E-state index contributed by atoms with van der Waals surface area (Å²) in [6.07, 6.45) is 4.46. The quantitative estimate of drug-likeness (QED) is 0.900. The average molecular weight is 295 g/mol. The van der Waals surface area contributed by atoms with E-state index in [-0.39, 0.29) is 6.04 Å². The second-order valence-electron chi connectivity index (χ2n) is 6.30. The first-order valence-electron chi connectivity index (χ1n) is 7.82. The van der Waals surface area contributed by atoms with Crippen molar-refractivity contribution >= 4 is 17.3 Å². The van der Waals surface area contributed by atoms with Crippen molar-refractivity contribution in [3.05, 3.63) is 28.8 Å². The molecule has 2 N–H and O–H groups in total. The molecule has 2 nitrogen and oxygen atoms in total. The summed E-state index contributed by atoms with van der Waals surface area (Å²) in [5.41, 5.74) is 8.67. The molecule has 3 atom stereocenters. The molecule has 1 heterocycles. The first kappa shape index (κ1) is 15.7. The van der Waals surface area contributed by atoms with Gasteiger partial charge in [-0.3, -0.25) is 0 Å². The Morgan fingerprint density at radius 1 is 1.35 bits per heavy atom. The van der Waals surface area contributed by atoms with Gasteiger partial charge in [0.15, 0.2) is 0 Å². The van der Waals surface area contributed by atoms with E-state index in [0.29, 0.717) is 6.04 Å². The van der Waals surface area contributed by atoms with Gasteiger partial charge in [-0.05, 0) is 50.2 Å². The molecule has 3 unspecified atom stereocenters. The summed E-state index contributed by atoms with van der Waals surface area (Å²) in [6.45, 7) is 7.87. The highest BCUT2D eigenvalue weighted by Gasteiger charge is 2.26. The minimum atomic E-state index is 0.213. The highest BCUT2D eigenvalue weighted by Crippen LogP contribution is 2.36. The molecular formula is C17H27ClN2. The van der Waals surface area contributed by atoms with Gasteiger partial charge >= 0.3 is 0 Å². The fourth-order valence-corrected chi connectivity index (χ4v) is 3.38. The molecule has 0 radical (unpaired) electrons. The lowest BCUT2D eigenvalue weighted by atomic mass is 9.92. The van der Waals surface area contributed by atoms with Gasteiger partial charge in [0.25, 0.3) is 0 Å². The van der Waals surface area contributed by atoms with E-state index < -0.39 is 0 Å². The van der Waals surface area contributed by atoms with E-state index in [1.54, 1.807) is 0 Å². The van der Waals surface area contributed by atoms with Gasteiger partial charge in [-0.1, -0.05) is 37.6 Å². The number of rotatable bonds is 4. The smallest absolute Gasteiger partial charge is 0.0642 e. The highest BCUT2D eigenvalue weighted by atomic mass is 35.5. The monoisotopic (exact) mass is 294 g/mol. The number of halogens is 1. The van der Waals surface area contributed by atoms with E-state index in [0.717, 1.165) is 30.3 Å². The topological polar surface area (TPSA) is 29.3 Å². The summed E-state index contributed by atoms with van der Waals surface area (Å²) < 4.78 is 0. The SMILES string of the molecule is CCC(N)Cc1cccc(Cl)c1N1CC(C)CCC1C. The molecule has 0 saturated carbocycles. The first-order valence-corrected chi connectivity index (χ1v) is 8.20. The summed E-state index contributed by atoms with van der Waals surface area (Å²) in [5, 5.41) is 0.867. The van der Waals surface area contributed by atoms with Crippen LogP contribution < -0.4 is 10.6 Å². The number of benzene rings is 1. The molecule has 1 aliphatic heterocycles. The maximum Gasteiger partial charge on any atom is 0.0642 e. The summed E-state index contributed by atoms with van der Waals surface area (Å²) in [5.74, 6) is 0.732. The van der Waals surface area contributed by atoms with Crippen molar-refractivity contribution in [3.8, 4) is 0 Å². The number of hydrogen-bond acceptors (Lipinski definition) is 2. The lowest BCUT2D eigenvalue weighted by Crippen LogP contribution is -2.42. The zero-order chi connectivity index (χ0) is 14.7. The number of nitrogens with two attached hydrogens (primary N) is 1. The standard InChI is InChI=1S/C17H27ClN2/c1-4-15(19)10-14-6-5-7-16(18)17(14)20-11-12(2)8-9-13(20)3/h5-7,12-13,15H,4,8-11,19H2,1-3H3. The third-order valence-corrected chi connectivity index (χ3v) is 4.79. The number of para-hydroxylation sites is 1. The number of anilines is 1. The molecule has 3 heteroatoms. The summed E-state index contributed by atoms with van der Waals surface area (Å²) in [7, 11) is 0. The largest absolute Gasteiger partial charge is 0.367 e. The number of piperidine rings is 1. The van der Waals surface area contributed by atoms with Crippen LogP contribution in [-0.4, -0.2) is 18.6 Å². The Kier molecular flexibility index (Phi) is 5.34. The molecule has 112 valence electrons. The second-order valence-corrected chi connectivity index (χ2v) is 6.71. The minimum Gasteiger partial charge on any atom is -0.367 e. The fraction of sp³-hybridized carbons (Fsp3) is 0.647. The second kappa shape index (κ2) is 6.82. The minimum absolute atomic E-state index is 0.213. The maximum absolute atomic E-state index is 6.52. The van der Waals surface area contributed by atoms with Gasteiger partial charge in [0.1, 0.15) is 0 Å². The van der Waals surface area contributed by atoms with E-state index >= 15 is 0 Å². The van der Waals surface area contributed by atoms with Crippen LogP contribution in [-0.2, 0) is 6.42 Å². The van der Waals surface area contributed by atoms with Gasteiger partial charge in [0.2, 0.25) is 0 Å². The van der Waals surface area contributed by atoms with Crippen molar-refractivity contribution in [2.45, 2.75) is 58.5 Å². The van der Waals surface area contributed by atoms with E-state index in [1.807, 2.05) is 12.1 Å². The van der Waals surface area contributed by atoms with Gasteiger partial charge in [0.05, 0.1) is 10.7 Å². The Hall–Kier alpha value is -0.730. The predicted molar refractivity (Wildman–Crippen MR) is 88.6 cm³/mol. The molecule has 1 aromatic rings. The number of nitrogens with zero attached hydrogens (tertiary/aromatic N) is 1. The van der Waals surface area contributed by atoms with Crippen LogP contribution >= 0.6 is 11.6 Å². The van der Waals surface area contributed by atoms with Gasteiger partial charge in [-0.25, -0.2) is 0 Å². The van der Waals surface area contributed by atoms with Crippen LogP contribution in [0.2, 0.25) is 5.02 Å². The van der Waals surface area contributed by atoms with E-state index in [1.165, 1.54) is 24.1 Å². The lowest BCUT2D eigenvalue weighted by molar-refractivity contribution is 0.389. The van der Waals surface area contributed by atoms with Crippen molar-refractivity contribution in [1.82, 2.24) is 0 Å². The molecular weight excluding hydrogens is 268 g/mol. The van der Waals surface area contributed by atoms with Crippen LogP contribution in [0.5, 0.6) is 0 Å². The van der Waals surface area contributed by atoms with Crippen molar-refractivity contribution in [1.29, 1.82) is 0 Å². The third kappa shape index (κ3) is 3.48. The molecule has 1 saturated heterocycles. The molecule has 1 aliphatic rings. The summed E-state index contributed by atoms with van der Waals surface area (Å²) in [4.78, 5) is 2.49. The van der Waals surface area contributed by atoms with Gasteiger partial charge in [-0.15, -0.1) is 0 Å². The molecule has 0 amide bonds. The Labute approximate surface area is 128 Å². The maximum atomic E-state index is 6.52. The van der Waals surface area contributed by atoms with Crippen LogP contribution in [0.3, 0.4) is 0 Å². The van der Waals surface area contributed by atoms with Crippen molar-refractivity contribution < 1.29 is 0 Å². The van der Waals surface area contributed by atoms with Crippen LogP contribution in [0.4, 0.5) is 5.69 Å². The number of hydrogen-bond donors (Lipinski definition) is 1. The summed E-state index contributed by atoms with van der Waals surface area (Å²) in [6, 6.07) is 7.00. The third-order valence-electron chi connectivity index (χ3n) is 4.48. The normalized spacial score (nSPS) is 24.8. The van der Waals surface area contributed by atoms with Crippen molar-refractivity contribution in [2.75, 3.05) is 11.4 Å². The molecule has 0 spiro atoms. The molecule has 20 heavy (non-hydrogen) atoms. The fourth-order valence-electron chi connectivity index (χ4n) is 3.07. The van der Waals surface area contributed by atoms with Crippen LogP contribution in [0, 0.1) is 5.92 Å². The molecule has 0 bridgehead atoms. The Balaban J connectivity index is 2.33. The molecule has 1 aromatic carbocycles. The molecule has 0 aromatic heterocycles.